The number of carbonyl (C=O) groups is 1. The van der Waals surface area contributed by atoms with E-state index >= 15 is 0 Å². The Morgan fingerprint density at radius 2 is 1.88 bits per heavy atom. The summed E-state index contributed by atoms with van der Waals surface area (Å²) in [6.07, 6.45) is 3.17. The summed E-state index contributed by atoms with van der Waals surface area (Å²) < 4.78 is 0.998. The van der Waals surface area contributed by atoms with Crippen LogP contribution in [0.5, 0.6) is 0 Å². The van der Waals surface area contributed by atoms with Crippen LogP contribution >= 0.6 is 38.9 Å². The second-order valence-corrected chi connectivity index (χ2v) is 7.43. The van der Waals surface area contributed by atoms with Crippen molar-refractivity contribution in [2.75, 3.05) is 11.9 Å². The highest BCUT2D eigenvalue weighted by molar-refractivity contribution is 9.10. The Morgan fingerprint density at radius 1 is 1.16 bits per heavy atom. The van der Waals surface area contributed by atoms with Crippen molar-refractivity contribution < 1.29 is 4.79 Å². The van der Waals surface area contributed by atoms with Crippen molar-refractivity contribution in [1.82, 2.24) is 10.2 Å². The van der Waals surface area contributed by atoms with Gasteiger partial charge < -0.3 is 0 Å². The van der Waals surface area contributed by atoms with Crippen molar-refractivity contribution in [3.05, 3.63) is 69.7 Å². The smallest absolute Gasteiger partial charge is 0.252 e. The first-order valence-electron chi connectivity index (χ1n) is 7.34. The third-order valence-electron chi connectivity index (χ3n) is 3.43. The number of benzene rings is 2. The molecule has 4 nitrogen and oxygen atoms in total. The summed E-state index contributed by atoms with van der Waals surface area (Å²) in [7, 11) is 1.67. The van der Waals surface area contributed by atoms with Crippen LogP contribution in [0.1, 0.15) is 5.56 Å². The van der Waals surface area contributed by atoms with Crippen LogP contribution in [0.25, 0.3) is 16.6 Å². The summed E-state index contributed by atoms with van der Waals surface area (Å²) in [6, 6.07) is 15.1. The zero-order chi connectivity index (χ0) is 17.8. The fourth-order valence-corrected chi connectivity index (χ4v) is 3.32. The summed E-state index contributed by atoms with van der Waals surface area (Å²) >= 11 is 10.9. The van der Waals surface area contributed by atoms with Gasteiger partial charge in [-0.2, -0.15) is 0 Å². The molecule has 0 bridgehead atoms. The molecule has 1 aromatic heterocycles. The summed E-state index contributed by atoms with van der Waals surface area (Å²) in [5.41, 5.74) is 1.75. The van der Waals surface area contributed by atoms with E-state index in [2.05, 4.69) is 26.1 Å². The van der Waals surface area contributed by atoms with Gasteiger partial charge in [-0.25, -0.2) is 0 Å². The molecule has 126 valence electrons. The lowest BCUT2D eigenvalue weighted by Gasteiger charge is -2.09. The zero-order valence-electron chi connectivity index (χ0n) is 13.2. The maximum Gasteiger partial charge on any atom is 0.252 e. The molecule has 0 aliphatic heterocycles. The second kappa shape index (κ2) is 7.91. The van der Waals surface area contributed by atoms with Crippen molar-refractivity contribution in [3.8, 4) is 10.6 Å². The van der Waals surface area contributed by atoms with E-state index in [0.29, 0.717) is 10.2 Å². The van der Waals surface area contributed by atoms with Gasteiger partial charge in [0, 0.05) is 28.2 Å². The van der Waals surface area contributed by atoms with E-state index in [1.54, 1.807) is 19.2 Å². The van der Waals surface area contributed by atoms with Crippen LogP contribution < -0.4 is 4.90 Å². The molecule has 0 radical (unpaired) electrons. The molecule has 3 aromatic rings. The van der Waals surface area contributed by atoms with Gasteiger partial charge in [-0.3, -0.25) is 9.69 Å². The minimum atomic E-state index is -0.196. The maximum absolute atomic E-state index is 12.3. The van der Waals surface area contributed by atoms with Crippen LogP contribution in [-0.4, -0.2) is 23.2 Å². The summed E-state index contributed by atoms with van der Waals surface area (Å²) in [4.78, 5) is 13.8. The van der Waals surface area contributed by atoms with Crippen LogP contribution in [0.2, 0.25) is 5.02 Å². The molecule has 0 spiro atoms. The zero-order valence-corrected chi connectivity index (χ0v) is 16.3. The number of amides is 1. The number of rotatable bonds is 4. The fourth-order valence-electron chi connectivity index (χ4n) is 2.04. The molecule has 1 heterocycles. The summed E-state index contributed by atoms with van der Waals surface area (Å²) in [5, 5.41) is 10.2. The number of halogens is 2. The van der Waals surface area contributed by atoms with Gasteiger partial charge in [-0.15, -0.1) is 10.2 Å². The molecule has 0 aliphatic rings. The SMILES string of the molecule is CN(C(=O)/C=C/c1ccccc1Cl)c1nnc(-c2ccc(Br)cc2)s1. The predicted octanol–water partition coefficient (Wildman–Crippen LogP) is 5.30. The normalized spacial score (nSPS) is 11.0. The van der Waals surface area contributed by atoms with Crippen LogP contribution in [0.4, 0.5) is 5.13 Å². The first-order valence-corrected chi connectivity index (χ1v) is 9.33. The Kier molecular flexibility index (Phi) is 5.63. The molecule has 0 unspecified atom stereocenters. The lowest BCUT2D eigenvalue weighted by molar-refractivity contribution is -0.113. The van der Waals surface area contributed by atoms with E-state index in [1.165, 1.54) is 22.3 Å². The first-order chi connectivity index (χ1) is 12.0. The molecule has 25 heavy (non-hydrogen) atoms. The van der Waals surface area contributed by atoms with Crippen molar-refractivity contribution in [2.24, 2.45) is 0 Å². The first kappa shape index (κ1) is 17.8. The monoisotopic (exact) mass is 433 g/mol. The Hall–Kier alpha value is -2.02. The largest absolute Gasteiger partial charge is 0.286 e. The molecule has 0 saturated carbocycles. The molecule has 0 fully saturated rings. The number of anilines is 1. The average Bonchev–Trinajstić information content (AvgIpc) is 3.11. The van der Waals surface area contributed by atoms with E-state index in [1.807, 2.05) is 42.5 Å². The minimum absolute atomic E-state index is 0.196. The highest BCUT2D eigenvalue weighted by atomic mass is 79.9. The lowest BCUT2D eigenvalue weighted by atomic mass is 10.2. The molecular weight excluding hydrogens is 422 g/mol. The summed E-state index contributed by atoms with van der Waals surface area (Å²) in [5.74, 6) is -0.196. The predicted molar refractivity (Wildman–Crippen MR) is 107 cm³/mol. The fraction of sp³-hybridized carbons (Fsp3) is 0.0556. The Labute approximate surface area is 162 Å². The van der Waals surface area contributed by atoms with Gasteiger partial charge in [0.1, 0.15) is 5.01 Å². The molecular formula is C18H13BrClN3OS. The van der Waals surface area contributed by atoms with Crippen molar-refractivity contribution in [2.45, 2.75) is 0 Å². The number of nitrogens with zero attached hydrogens (tertiary/aromatic N) is 3. The standard InChI is InChI=1S/C18H13BrClN3OS/c1-23(16(24)11-8-12-4-2-3-5-15(12)20)18-22-21-17(25-18)13-6-9-14(19)10-7-13/h2-11H,1H3/b11-8+. The minimum Gasteiger partial charge on any atom is -0.286 e. The Balaban J connectivity index is 1.74. The van der Waals surface area contributed by atoms with Crippen molar-refractivity contribution in [1.29, 1.82) is 0 Å². The van der Waals surface area contributed by atoms with E-state index < -0.39 is 0 Å². The summed E-state index contributed by atoms with van der Waals surface area (Å²) in [6.45, 7) is 0. The quantitative estimate of drug-likeness (QED) is 0.524. The average molecular weight is 435 g/mol. The van der Waals surface area contributed by atoms with Crippen LogP contribution in [-0.2, 0) is 4.79 Å². The molecule has 3 rings (SSSR count). The number of likely N-dealkylation sites (N-methyl/N-ethyl adjacent to an activating group) is 1. The van der Waals surface area contributed by atoms with E-state index in [9.17, 15) is 4.79 Å². The Morgan fingerprint density at radius 3 is 2.60 bits per heavy atom. The van der Waals surface area contributed by atoms with Gasteiger partial charge in [-0.05, 0) is 29.8 Å². The number of carbonyl (C=O) groups excluding carboxylic acids is 1. The van der Waals surface area contributed by atoms with Gasteiger partial charge in [0.25, 0.3) is 5.91 Å². The highest BCUT2D eigenvalue weighted by Gasteiger charge is 2.14. The van der Waals surface area contributed by atoms with E-state index in [4.69, 9.17) is 11.6 Å². The number of aromatic nitrogens is 2. The van der Waals surface area contributed by atoms with Crippen molar-refractivity contribution in [3.63, 3.8) is 0 Å². The molecule has 0 atom stereocenters. The maximum atomic E-state index is 12.3. The molecule has 2 aromatic carbocycles. The van der Waals surface area contributed by atoms with Gasteiger partial charge in [-0.1, -0.05) is 69.2 Å². The van der Waals surface area contributed by atoms with Gasteiger partial charge in [0.15, 0.2) is 0 Å². The van der Waals surface area contributed by atoms with E-state index in [0.717, 1.165) is 20.6 Å². The molecule has 0 saturated heterocycles. The van der Waals surface area contributed by atoms with Crippen LogP contribution in [0.3, 0.4) is 0 Å². The van der Waals surface area contributed by atoms with E-state index in [-0.39, 0.29) is 5.91 Å². The van der Waals surface area contributed by atoms with Crippen LogP contribution in [0, 0.1) is 0 Å². The molecule has 0 aliphatic carbocycles. The molecule has 7 heteroatoms. The number of hydrogen-bond acceptors (Lipinski definition) is 4. The molecule has 1 amide bonds. The Bertz CT molecular complexity index is 924. The van der Waals surface area contributed by atoms with Gasteiger partial charge in [0.05, 0.1) is 0 Å². The topological polar surface area (TPSA) is 46.1 Å². The highest BCUT2D eigenvalue weighted by Crippen LogP contribution is 2.29. The van der Waals surface area contributed by atoms with Gasteiger partial charge in [0.2, 0.25) is 5.13 Å². The third kappa shape index (κ3) is 4.34. The van der Waals surface area contributed by atoms with Crippen LogP contribution in [0.15, 0.2) is 59.1 Å². The number of hydrogen-bond donors (Lipinski definition) is 0. The third-order valence-corrected chi connectivity index (χ3v) is 5.36. The van der Waals surface area contributed by atoms with Crippen molar-refractivity contribution >= 4 is 56.0 Å². The molecule has 0 N–H and O–H groups in total. The van der Waals surface area contributed by atoms with Gasteiger partial charge >= 0.3 is 0 Å². The lowest BCUT2D eigenvalue weighted by Crippen LogP contribution is -2.23. The second-order valence-electron chi connectivity index (χ2n) is 5.15.